The molecule has 29 heavy (non-hydrogen) atoms. The molecular formula is C20H20N6O2S. The van der Waals surface area contributed by atoms with Crippen molar-refractivity contribution in [1.82, 2.24) is 15.2 Å². The van der Waals surface area contributed by atoms with E-state index in [1.807, 2.05) is 23.6 Å². The number of benzene rings is 1. The second-order valence-corrected chi connectivity index (χ2v) is 8.01. The summed E-state index contributed by atoms with van der Waals surface area (Å²) in [6.07, 6.45) is 2.43. The van der Waals surface area contributed by atoms with E-state index in [1.165, 1.54) is 0 Å². The van der Waals surface area contributed by atoms with Gasteiger partial charge in [0, 0.05) is 39.9 Å². The topological polar surface area (TPSA) is 118 Å². The molecule has 8 nitrogen and oxygen atoms in total. The van der Waals surface area contributed by atoms with Gasteiger partial charge in [0.1, 0.15) is 11.6 Å². The van der Waals surface area contributed by atoms with Gasteiger partial charge in [0.2, 0.25) is 0 Å². The lowest BCUT2D eigenvalue weighted by molar-refractivity contribution is 0.0752. The molecule has 0 aliphatic carbocycles. The Balaban J connectivity index is 1.59. The number of rotatable bonds is 4. The Hall–Kier alpha value is -3.01. The summed E-state index contributed by atoms with van der Waals surface area (Å²) in [5.74, 6) is 1.13. The quantitative estimate of drug-likeness (QED) is 0.410. The molecule has 5 N–H and O–H groups in total. The van der Waals surface area contributed by atoms with Gasteiger partial charge in [0.15, 0.2) is 0 Å². The second kappa shape index (κ2) is 7.43. The molecule has 0 spiro atoms. The number of aromatic amines is 1. The fraction of sp³-hybridized carbons (Fsp3) is 0.250. The summed E-state index contributed by atoms with van der Waals surface area (Å²) in [7, 11) is 0. The highest BCUT2D eigenvalue weighted by atomic mass is 32.1. The van der Waals surface area contributed by atoms with Crippen LogP contribution in [-0.2, 0) is 4.74 Å². The van der Waals surface area contributed by atoms with E-state index in [4.69, 9.17) is 15.5 Å². The van der Waals surface area contributed by atoms with Crippen LogP contribution in [0.1, 0.15) is 6.42 Å². The van der Waals surface area contributed by atoms with Crippen molar-refractivity contribution in [1.29, 1.82) is 0 Å². The maximum Gasteiger partial charge on any atom is 0.275 e. The van der Waals surface area contributed by atoms with Crippen molar-refractivity contribution in [3.63, 3.8) is 0 Å². The number of nitrogens with one attached hydrogen (secondary N) is 3. The molecule has 9 heteroatoms. The number of pyridine rings is 1. The number of fused-ring (bicyclic) bond motifs is 2. The highest BCUT2D eigenvalue weighted by Gasteiger charge is 2.23. The van der Waals surface area contributed by atoms with Gasteiger partial charge in [0.05, 0.1) is 18.2 Å². The van der Waals surface area contributed by atoms with Gasteiger partial charge in [0.25, 0.3) is 5.56 Å². The molecule has 0 amide bonds. The predicted molar refractivity (Wildman–Crippen MR) is 116 cm³/mol. The third kappa shape index (κ3) is 3.44. The Labute approximate surface area is 170 Å². The van der Waals surface area contributed by atoms with E-state index in [1.54, 1.807) is 17.5 Å². The van der Waals surface area contributed by atoms with Crippen LogP contribution in [0.5, 0.6) is 0 Å². The van der Waals surface area contributed by atoms with Crippen LogP contribution in [0.2, 0.25) is 0 Å². The highest BCUT2D eigenvalue weighted by Crippen LogP contribution is 2.32. The summed E-state index contributed by atoms with van der Waals surface area (Å²) in [5.41, 5.74) is 6.79. The standard InChI is InChI=1S/C20H20N6O2S/c21-13-10-28-6-4-15(13)23-17-8-11-9-22-26-20(27)18(11)19(25-17)24-14-2-1-3-16-12(14)5-7-29-16/h1-3,5,7-9,13,15H,4,6,10,21H2,(H,26,27)(H2,23,24,25). The smallest absolute Gasteiger partial charge is 0.275 e. The molecule has 1 aromatic carbocycles. The van der Waals surface area contributed by atoms with Gasteiger partial charge in [-0.05, 0) is 36.1 Å². The highest BCUT2D eigenvalue weighted by molar-refractivity contribution is 7.17. The minimum absolute atomic E-state index is 0.0526. The molecule has 0 radical (unpaired) electrons. The monoisotopic (exact) mass is 408 g/mol. The SMILES string of the molecule is NC1COCCC1Nc1cc2cn[nH]c(=O)c2c(Nc2cccc3sccc23)n1. The number of H-pyrrole nitrogens is 1. The first kappa shape index (κ1) is 18.0. The number of hydrogen-bond acceptors (Lipinski definition) is 8. The predicted octanol–water partition coefficient (Wildman–Crippen LogP) is 2.80. The van der Waals surface area contributed by atoms with Gasteiger partial charge in [-0.25, -0.2) is 10.1 Å². The van der Waals surface area contributed by atoms with Crippen LogP contribution in [0.3, 0.4) is 0 Å². The van der Waals surface area contributed by atoms with Crippen molar-refractivity contribution in [2.75, 3.05) is 23.8 Å². The molecule has 1 aliphatic rings. The summed E-state index contributed by atoms with van der Waals surface area (Å²) in [6, 6.07) is 9.85. The zero-order valence-corrected chi connectivity index (χ0v) is 16.3. The molecule has 1 fully saturated rings. The number of nitrogens with zero attached hydrogens (tertiary/aromatic N) is 2. The van der Waals surface area contributed by atoms with Gasteiger partial charge in [-0.1, -0.05) is 6.07 Å². The minimum Gasteiger partial charge on any atom is -0.380 e. The Morgan fingerprint density at radius 1 is 1.31 bits per heavy atom. The van der Waals surface area contributed by atoms with Crippen molar-refractivity contribution in [3.8, 4) is 0 Å². The molecule has 0 bridgehead atoms. The summed E-state index contributed by atoms with van der Waals surface area (Å²) < 4.78 is 6.58. The Kier molecular flexibility index (Phi) is 4.62. The fourth-order valence-corrected chi connectivity index (χ4v) is 4.46. The van der Waals surface area contributed by atoms with Gasteiger partial charge in [-0.15, -0.1) is 11.3 Å². The summed E-state index contributed by atoms with van der Waals surface area (Å²) >= 11 is 1.67. The zero-order valence-electron chi connectivity index (χ0n) is 15.5. The molecule has 4 heterocycles. The average molecular weight is 408 g/mol. The van der Waals surface area contributed by atoms with E-state index in [0.29, 0.717) is 35.6 Å². The van der Waals surface area contributed by atoms with E-state index >= 15 is 0 Å². The summed E-state index contributed by atoms with van der Waals surface area (Å²) in [4.78, 5) is 17.2. The van der Waals surface area contributed by atoms with Crippen LogP contribution in [0.4, 0.5) is 17.3 Å². The van der Waals surface area contributed by atoms with E-state index in [-0.39, 0.29) is 17.6 Å². The van der Waals surface area contributed by atoms with Crippen molar-refractivity contribution in [3.05, 3.63) is 52.3 Å². The third-order valence-electron chi connectivity index (χ3n) is 5.13. The van der Waals surface area contributed by atoms with Crippen molar-refractivity contribution >= 4 is 49.5 Å². The van der Waals surface area contributed by atoms with E-state index in [9.17, 15) is 4.79 Å². The number of ether oxygens (including phenoxy) is 1. The largest absolute Gasteiger partial charge is 0.380 e. The van der Waals surface area contributed by atoms with Gasteiger partial charge in [-0.3, -0.25) is 4.79 Å². The molecule has 5 rings (SSSR count). The number of aromatic nitrogens is 3. The molecule has 2 unspecified atom stereocenters. The minimum atomic E-state index is -0.288. The van der Waals surface area contributed by atoms with E-state index < -0.39 is 0 Å². The molecule has 4 aromatic rings. The number of anilines is 3. The number of nitrogens with two attached hydrogens (primary N) is 1. The first-order valence-corrected chi connectivity index (χ1v) is 10.3. The zero-order chi connectivity index (χ0) is 19.8. The Morgan fingerprint density at radius 2 is 2.24 bits per heavy atom. The summed E-state index contributed by atoms with van der Waals surface area (Å²) in [5, 5.41) is 17.5. The third-order valence-corrected chi connectivity index (χ3v) is 6.01. The van der Waals surface area contributed by atoms with Gasteiger partial charge >= 0.3 is 0 Å². The Morgan fingerprint density at radius 3 is 3.14 bits per heavy atom. The fourth-order valence-electron chi connectivity index (χ4n) is 3.65. The average Bonchev–Trinajstić information content (AvgIpc) is 3.20. The molecule has 2 atom stereocenters. The number of thiophene rings is 1. The first-order valence-electron chi connectivity index (χ1n) is 9.40. The molecule has 0 saturated carbocycles. The van der Waals surface area contributed by atoms with Crippen LogP contribution >= 0.6 is 11.3 Å². The molecule has 148 valence electrons. The molecule has 1 aliphatic heterocycles. The lowest BCUT2D eigenvalue weighted by Gasteiger charge is -2.30. The summed E-state index contributed by atoms with van der Waals surface area (Å²) in [6.45, 7) is 1.17. The van der Waals surface area contributed by atoms with Crippen LogP contribution in [0.25, 0.3) is 20.9 Å². The molecular weight excluding hydrogens is 388 g/mol. The normalized spacial score (nSPS) is 19.5. The van der Waals surface area contributed by atoms with Crippen molar-refractivity contribution in [2.24, 2.45) is 5.73 Å². The van der Waals surface area contributed by atoms with E-state index in [2.05, 4.69) is 33.0 Å². The second-order valence-electron chi connectivity index (χ2n) is 7.06. The van der Waals surface area contributed by atoms with Crippen LogP contribution in [0, 0.1) is 0 Å². The lowest BCUT2D eigenvalue weighted by Crippen LogP contribution is -2.47. The maximum absolute atomic E-state index is 12.5. The van der Waals surface area contributed by atoms with E-state index in [0.717, 1.165) is 22.2 Å². The molecule has 1 saturated heterocycles. The van der Waals surface area contributed by atoms with Crippen LogP contribution < -0.4 is 21.9 Å². The maximum atomic E-state index is 12.5. The van der Waals surface area contributed by atoms with Gasteiger partial charge < -0.3 is 21.1 Å². The van der Waals surface area contributed by atoms with Crippen molar-refractivity contribution < 1.29 is 4.74 Å². The van der Waals surface area contributed by atoms with Crippen molar-refractivity contribution in [2.45, 2.75) is 18.5 Å². The van der Waals surface area contributed by atoms with Crippen LogP contribution in [-0.4, -0.2) is 40.5 Å². The lowest BCUT2D eigenvalue weighted by atomic mass is 10.0. The first-order chi connectivity index (χ1) is 14.2. The van der Waals surface area contributed by atoms with Crippen LogP contribution in [0.15, 0.2) is 46.7 Å². The Bertz CT molecular complexity index is 1240. The number of hydrogen-bond donors (Lipinski definition) is 4. The molecule has 3 aromatic heterocycles. The van der Waals surface area contributed by atoms with Gasteiger partial charge in [-0.2, -0.15) is 5.10 Å².